The highest BCUT2D eigenvalue weighted by molar-refractivity contribution is 6.38. The average molecular weight is 685 g/mol. The number of Topliss-reactive ketones (excluding diaryl/α,β-unsaturated/α-hetero) is 1. The van der Waals surface area contributed by atoms with Gasteiger partial charge in [0, 0.05) is 32.6 Å². The Morgan fingerprint density at radius 2 is 1.63 bits per heavy atom. The highest BCUT2D eigenvalue weighted by atomic mass is 16.2. The van der Waals surface area contributed by atoms with Gasteiger partial charge in [0.2, 0.25) is 23.5 Å². The highest BCUT2D eigenvalue weighted by Crippen LogP contribution is 2.65. The summed E-state index contributed by atoms with van der Waals surface area (Å²) < 4.78 is 0. The van der Waals surface area contributed by atoms with Crippen LogP contribution in [0.25, 0.3) is 0 Å². The Kier molecular flexibility index (Phi) is 12.9. The van der Waals surface area contributed by atoms with Crippen LogP contribution >= 0.6 is 0 Å². The van der Waals surface area contributed by atoms with Crippen molar-refractivity contribution >= 4 is 35.4 Å². The lowest BCUT2D eigenvalue weighted by Gasteiger charge is -2.38. The van der Waals surface area contributed by atoms with Crippen LogP contribution in [-0.4, -0.2) is 95.6 Å². The van der Waals surface area contributed by atoms with E-state index in [0.29, 0.717) is 45.3 Å². The number of ketones is 1. The normalized spacial score (nSPS) is 28.8. The fourth-order valence-electron chi connectivity index (χ4n) is 7.96. The summed E-state index contributed by atoms with van der Waals surface area (Å²) in [5, 5.41) is 11.5. The maximum absolute atomic E-state index is 14.4. The second kappa shape index (κ2) is 16.5. The highest BCUT2D eigenvalue weighted by Gasteiger charge is 2.69. The molecule has 3 saturated heterocycles. The molecule has 0 radical (unpaired) electrons. The zero-order valence-corrected chi connectivity index (χ0v) is 30.4. The van der Waals surface area contributed by atoms with E-state index < -0.39 is 41.8 Å². The molecule has 0 unspecified atom stereocenters. The Morgan fingerprint density at radius 3 is 2.27 bits per heavy atom. The van der Waals surface area contributed by atoms with Crippen LogP contribution in [0, 0.1) is 22.7 Å². The molecule has 1 saturated carbocycles. The van der Waals surface area contributed by atoms with Gasteiger partial charge in [-0.2, -0.15) is 0 Å². The fraction of sp³-hybridized carbons (Fsp3) is 0.784. The van der Waals surface area contributed by atoms with E-state index in [4.69, 9.17) is 0 Å². The van der Waals surface area contributed by atoms with E-state index in [1.165, 1.54) is 6.08 Å². The third-order valence-corrected chi connectivity index (χ3v) is 11.3. The third-order valence-electron chi connectivity index (χ3n) is 11.3. The van der Waals surface area contributed by atoms with E-state index in [1.807, 2.05) is 25.7 Å². The molecule has 3 heterocycles. The largest absolute Gasteiger partial charge is 0.346 e. The summed E-state index contributed by atoms with van der Waals surface area (Å²) in [6.45, 7) is 15.4. The fourth-order valence-corrected chi connectivity index (χ4v) is 7.96. The van der Waals surface area contributed by atoms with Crippen molar-refractivity contribution in [3.05, 3.63) is 12.7 Å². The van der Waals surface area contributed by atoms with Crippen molar-refractivity contribution in [1.82, 2.24) is 31.1 Å². The number of carbonyl (C=O) groups is 6. The van der Waals surface area contributed by atoms with Gasteiger partial charge in [-0.05, 0) is 48.3 Å². The molecule has 4 aliphatic rings. The Hall–Kier alpha value is -3.44. The zero-order valence-electron chi connectivity index (χ0n) is 30.4. The lowest BCUT2D eigenvalue weighted by molar-refractivity contribution is -0.144. The summed E-state index contributed by atoms with van der Waals surface area (Å²) in [6, 6.07) is -3.47. The zero-order chi connectivity index (χ0) is 35.9. The first-order valence-corrected chi connectivity index (χ1v) is 18.6. The molecule has 0 spiro atoms. The molecule has 274 valence electrons. The van der Waals surface area contributed by atoms with Crippen molar-refractivity contribution in [2.24, 2.45) is 22.7 Å². The number of nitrogens with one attached hydrogen (secondary N) is 4. The number of rotatable bonds is 8. The van der Waals surface area contributed by atoms with Crippen molar-refractivity contribution in [2.75, 3.05) is 26.2 Å². The summed E-state index contributed by atoms with van der Waals surface area (Å²) in [5.74, 6) is -2.10. The van der Waals surface area contributed by atoms with Crippen LogP contribution in [-0.2, 0) is 24.0 Å². The minimum Gasteiger partial charge on any atom is -0.346 e. The number of fused-ring (bicyclic) bond motifs is 3. The van der Waals surface area contributed by atoms with Gasteiger partial charge in [-0.15, -0.1) is 6.58 Å². The van der Waals surface area contributed by atoms with Gasteiger partial charge in [-0.1, -0.05) is 85.6 Å². The van der Waals surface area contributed by atoms with Gasteiger partial charge in [0.15, 0.2) is 0 Å². The van der Waals surface area contributed by atoms with Gasteiger partial charge in [0.05, 0.1) is 12.1 Å². The smallest absolute Gasteiger partial charge is 0.315 e. The number of carbonyl (C=O) groups excluding carboxylic acids is 6. The van der Waals surface area contributed by atoms with Crippen molar-refractivity contribution in [3.63, 3.8) is 0 Å². The molecule has 0 aromatic carbocycles. The van der Waals surface area contributed by atoms with Crippen LogP contribution in [0.3, 0.4) is 0 Å². The second-order valence-corrected chi connectivity index (χ2v) is 16.3. The predicted molar refractivity (Wildman–Crippen MR) is 187 cm³/mol. The number of amides is 6. The number of hydrogen-bond donors (Lipinski definition) is 4. The van der Waals surface area contributed by atoms with Gasteiger partial charge in [0.25, 0.3) is 5.91 Å². The number of likely N-dealkylation sites (tertiary alicyclic amines) is 1. The molecule has 0 aromatic heterocycles. The quantitative estimate of drug-likeness (QED) is 0.227. The number of urea groups is 1. The van der Waals surface area contributed by atoms with Crippen molar-refractivity contribution in [1.29, 1.82) is 0 Å². The molecule has 4 rings (SSSR count). The summed E-state index contributed by atoms with van der Waals surface area (Å²) in [5.41, 5.74) is -0.506. The molecule has 6 amide bonds. The summed E-state index contributed by atoms with van der Waals surface area (Å²) in [4.78, 5) is 83.9. The summed E-state index contributed by atoms with van der Waals surface area (Å²) in [6.07, 6.45) is 10.8. The van der Waals surface area contributed by atoms with Crippen LogP contribution in [0.5, 0.6) is 0 Å². The Balaban J connectivity index is 1.54. The molecular formula is C37H60N6O6. The molecule has 1 aliphatic carbocycles. The molecule has 49 heavy (non-hydrogen) atoms. The number of hydrogen-bond acceptors (Lipinski definition) is 6. The lowest BCUT2D eigenvalue weighted by atomic mass is 9.86. The van der Waals surface area contributed by atoms with Crippen LogP contribution in [0.1, 0.15) is 112 Å². The maximum atomic E-state index is 14.4. The van der Waals surface area contributed by atoms with Crippen LogP contribution < -0.4 is 21.3 Å². The molecule has 12 nitrogen and oxygen atoms in total. The van der Waals surface area contributed by atoms with Crippen LogP contribution in [0.4, 0.5) is 4.79 Å². The maximum Gasteiger partial charge on any atom is 0.315 e. The monoisotopic (exact) mass is 684 g/mol. The van der Waals surface area contributed by atoms with Crippen molar-refractivity contribution in [3.8, 4) is 0 Å². The lowest BCUT2D eigenvalue weighted by Crippen LogP contribution is -2.60. The van der Waals surface area contributed by atoms with E-state index in [0.717, 1.165) is 51.4 Å². The first kappa shape index (κ1) is 38.4. The van der Waals surface area contributed by atoms with E-state index >= 15 is 0 Å². The van der Waals surface area contributed by atoms with Crippen LogP contribution in [0.15, 0.2) is 12.7 Å². The summed E-state index contributed by atoms with van der Waals surface area (Å²) in [7, 11) is 0. The standard InChI is InChI=1S/C37H60N6O6/c1-7-20-38-33(47)31(45)25-17-13-11-9-8-10-12-14-18-26(34(48)43-22-24-29(37(24,5)6)30(43)32(46)39-25)40-35(49)41-27(36(2,3)4)23-42-21-16-15-19-28(42)44/h7,24-27,29-30H,1,8-23H2,2-6H3,(H,38,47)(H,39,46)(H2,40,41,49)/t24-,25+,26+,27+,29-,30-/m0/s1. The molecular weight excluding hydrogens is 624 g/mol. The Morgan fingerprint density at radius 1 is 0.980 bits per heavy atom. The minimum absolute atomic E-state index is 0.0941. The average Bonchev–Trinajstić information content (AvgIpc) is 3.35. The van der Waals surface area contributed by atoms with E-state index in [9.17, 15) is 28.8 Å². The molecule has 12 heteroatoms. The topological polar surface area (TPSA) is 157 Å². The van der Waals surface area contributed by atoms with Gasteiger partial charge < -0.3 is 31.1 Å². The Labute approximate surface area is 292 Å². The van der Waals surface area contributed by atoms with E-state index in [-0.39, 0.29) is 47.1 Å². The molecule has 3 aliphatic heterocycles. The van der Waals surface area contributed by atoms with Crippen molar-refractivity contribution in [2.45, 2.75) is 136 Å². The van der Waals surface area contributed by atoms with Gasteiger partial charge in [-0.3, -0.25) is 24.0 Å². The van der Waals surface area contributed by atoms with Gasteiger partial charge in [-0.25, -0.2) is 4.79 Å². The Bertz CT molecular complexity index is 1260. The number of nitrogens with zero attached hydrogens (tertiary/aromatic N) is 2. The SMILES string of the molecule is C=CCNC(=O)C(=O)[C@H]1CCCCCCCCC[C@@H](NC(=O)N[C@H](CN2CCCCC2=O)C(C)(C)C)C(=O)N2C[C@H]3[C@@H]([C@H]2C(=O)N1)C3(C)C. The van der Waals surface area contributed by atoms with Gasteiger partial charge >= 0.3 is 6.03 Å². The number of piperidine rings is 2. The third kappa shape index (κ3) is 9.63. The van der Waals surface area contributed by atoms with Gasteiger partial charge in [0.1, 0.15) is 12.1 Å². The molecule has 4 fully saturated rings. The molecule has 4 N–H and O–H groups in total. The second-order valence-electron chi connectivity index (χ2n) is 16.3. The van der Waals surface area contributed by atoms with E-state index in [2.05, 4.69) is 41.7 Å². The first-order chi connectivity index (χ1) is 23.2. The molecule has 6 atom stereocenters. The molecule has 0 bridgehead atoms. The summed E-state index contributed by atoms with van der Waals surface area (Å²) >= 11 is 0. The molecule has 0 aromatic rings. The first-order valence-electron chi connectivity index (χ1n) is 18.6. The van der Waals surface area contributed by atoms with Crippen LogP contribution in [0.2, 0.25) is 0 Å². The van der Waals surface area contributed by atoms with Crippen molar-refractivity contribution < 1.29 is 28.8 Å². The van der Waals surface area contributed by atoms with E-state index in [1.54, 1.807) is 4.90 Å². The minimum atomic E-state index is -0.996. The predicted octanol–water partition coefficient (Wildman–Crippen LogP) is 3.45.